The Morgan fingerprint density at radius 3 is 2.91 bits per heavy atom. The van der Waals surface area contributed by atoms with E-state index in [1.807, 2.05) is 60.4 Å². The lowest BCUT2D eigenvalue weighted by molar-refractivity contribution is -0.117. The van der Waals surface area contributed by atoms with Gasteiger partial charge < -0.3 is 21.5 Å². The number of nitrogens with one attached hydrogen (secondary N) is 1. The van der Waals surface area contributed by atoms with E-state index in [0.717, 1.165) is 39.6 Å². The molecule has 1 aliphatic rings. The van der Waals surface area contributed by atoms with Gasteiger partial charge in [0.2, 0.25) is 5.91 Å². The van der Waals surface area contributed by atoms with Crippen LogP contribution in [0.15, 0.2) is 55.0 Å². The fraction of sp³-hybridized carbons (Fsp3) is 0.308. The van der Waals surface area contributed by atoms with Crippen LogP contribution in [0, 0.1) is 12.8 Å². The van der Waals surface area contributed by atoms with Crippen LogP contribution in [0.3, 0.4) is 0 Å². The standard InChI is InChI=1S/C26H29N7O2/c1-16-4-2-3-5-19(16)23-10-17-11-24(29-14-22(17)25(28)31-23)32-26(34)21-12-20(21)18-13-30-33(15-18)7-9-35-8-6-27/h2-5,10-11,13-15,20-21H,6-9,12,27H2,1H3,(H2,28,31)(H,29,32,34)/t20-,21+/m0/s1. The van der Waals surface area contributed by atoms with E-state index in [2.05, 4.69) is 20.4 Å². The molecule has 5 rings (SSSR count). The molecule has 0 bridgehead atoms. The van der Waals surface area contributed by atoms with Gasteiger partial charge in [0, 0.05) is 35.8 Å². The zero-order valence-electron chi connectivity index (χ0n) is 19.6. The maximum atomic E-state index is 12.9. The number of nitrogens with two attached hydrogens (primary N) is 2. The Balaban J connectivity index is 1.26. The molecule has 0 spiro atoms. The minimum atomic E-state index is -0.0938. The molecule has 2 atom stereocenters. The largest absolute Gasteiger partial charge is 0.383 e. The number of anilines is 2. The first-order chi connectivity index (χ1) is 17.0. The Hall–Kier alpha value is -3.82. The number of aromatic nitrogens is 4. The monoisotopic (exact) mass is 471 g/mol. The number of aryl methyl sites for hydroxylation is 1. The fourth-order valence-electron chi connectivity index (χ4n) is 4.35. The molecule has 0 unspecified atom stereocenters. The van der Waals surface area contributed by atoms with E-state index in [4.69, 9.17) is 16.2 Å². The van der Waals surface area contributed by atoms with Crippen molar-refractivity contribution in [2.75, 3.05) is 30.8 Å². The molecule has 3 heterocycles. The highest BCUT2D eigenvalue weighted by atomic mass is 16.5. The van der Waals surface area contributed by atoms with Gasteiger partial charge in [-0.3, -0.25) is 9.48 Å². The van der Waals surface area contributed by atoms with Crippen molar-refractivity contribution in [3.8, 4) is 11.3 Å². The number of carbonyl (C=O) groups is 1. The van der Waals surface area contributed by atoms with Gasteiger partial charge in [-0.25, -0.2) is 9.97 Å². The molecule has 9 heteroatoms. The Morgan fingerprint density at radius 2 is 2.09 bits per heavy atom. The fourth-order valence-corrected chi connectivity index (χ4v) is 4.35. The molecule has 9 nitrogen and oxygen atoms in total. The number of amides is 1. The normalized spacial score (nSPS) is 17.0. The molecule has 1 amide bonds. The zero-order valence-corrected chi connectivity index (χ0v) is 19.6. The maximum absolute atomic E-state index is 12.9. The van der Waals surface area contributed by atoms with Crippen LogP contribution >= 0.6 is 0 Å². The lowest BCUT2D eigenvalue weighted by Crippen LogP contribution is -2.15. The second kappa shape index (κ2) is 9.81. The molecule has 180 valence electrons. The van der Waals surface area contributed by atoms with E-state index in [1.54, 1.807) is 6.20 Å². The second-order valence-corrected chi connectivity index (χ2v) is 8.87. The molecule has 0 saturated heterocycles. The van der Waals surface area contributed by atoms with E-state index < -0.39 is 0 Å². The van der Waals surface area contributed by atoms with Crippen LogP contribution in [0.2, 0.25) is 0 Å². The summed E-state index contributed by atoms with van der Waals surface area (Å²) in [5, 5.41) is 8.99. The van der Waals surface area contributed by atoms with Crippen molar-refractivity contribution in [2.24, 2.45) is 11.7 Å². The quantitative estimate of drug-likeness (QED) is 0.319. The highest BCUT2D eigenvalue weighted by Gasteiger charge is 2.44. The van der Waals surface area contributed by atoms with Crippen molar-refractivity contribution >= 4 is 28.3 Å². The molecule has 3 aromatic heterocycles. The lowest BCUT2D eigenvalue weighted by Gasteiger charge is -2.10. The summed E-state index contributed by atoms with van der Waals surface area (Å²) >= 11 is 0. The smallest absolute Gasteiger partial charge is 0.229 e. The van der Waals surface area contributed by atoms with Crippen LogP contribution in [0.1, 0.15) is 23.5 Å². The highest BCUT2D eigenvalue weighted by Crippen LogP contribution is 2.47. The number of nitrogens with zero attached hydrogens (tertiary/aromatic N) is 4. The van der Waals surface area contributed by atoms with Crippen LogP contribution in [0.4, 0.5) is 11.6 Å². The van der Waals surface area contributed by atoms with E-state index in [0.29, 0.717) is 37.9 Å². The number of carbonyl (C=O) groups excluding carboxylic acids is 1. The second-order valence-electron chi connectivity index (χ2n) is 8.87. The number of fused-ring (bicyclic) bond motifs is 1. The van der Waals surface area contributed by atoms with Crippen molar-refractivity contribution in [2.45, 2.75) is 25.8 Å². The van der Waals surface area contributed by atoms with Crippen LogP contribution in [0.25, 0.3) is 22.0 Å². The van der Waals surface area contributed by atoms with Crippen molar-refractivity contribution in [3.63, 3.8) is 0 Å². The van der Waals surface area contributed by atoms with Crippen molar-refractivity contribution in [1.29, 1.82) is 0 Å². The van der Waals surface area contributed by atoms with Gasteiger partial charge >= 0.3 is 0 Å². The predicted octanol–water partition coefficient (Wildman–Crippen LogP) is 3.10. The summed E-state index contributed by atoms with van der Waals surface area (Å²) in [7, 11) is 0. The maximum Gasteiger partial charge on any atom is 0.229 e. The number of ether oxygens (including phenoxy) is 1. The molecule has 1 aromatic carbocycles. The van der Waals surface area contributed by atoms with Gasteiger partial charge in [-0.1, -0.05) is 24.3 Å². The van der Waals surface area contributed by atoms with Crippen molar-refractivity contribution < 1.29 is 9.53 Å². The van der Waals surface area contributed by atoms with Gasteiger partial charge in [0.25, 0.3) is 0 Å². The molecule has 1 saturated carbocycles. The van der Waals surface area contributed by atoms with E-state index in [-0.39, 0.29) is 17.7 Å². The molecule has 1 fully saturated rings. The average Bonchev–Trinajstić information content (AvgIpc) is 3.52. The Kier molecular flexibility index (Phi) is 6.43. The Morgan fingerprint density at radius 1 is 1.23 bits per heavy atom. The summed E-state index contributed by atoms with van der Waals surface area (Å²) in [5.74, 6) is 0.952. The third-order valence-corrected chi connectivity index (χ3v) is 6.35. The Bertz CT molecular complexity index is 1370. The van der Waals surface area contributed by atoms with Crippen LogP contribution < -0.4 is 16.8 Å². The molecule has 0 radical (unpaired) electrons. The summed E-state index contributed by atoms with van der Waals surface area (Å²) in [5.41, 5.74) is 15.7. The Labute approximate surface area is 203 Å². The van der Waals surface area contributed by atoms with Crippen molar-refractivity contribution in [3.05, 3.63) is 66.1 Å². The number of pyridine rings is 2. The first kappa shape index (κ1) is 22.9. The number of hydrogen-bond donors (Lipinski definition) is 3. The van der Waals surface area contributed by atoms with Gasteiger partial charge in [-0.05, 0) is 47.9 Å². The van der Waals surface area contributed by atoms with Gasteiger partial charge in [-0.2, -0.15) is 5.10 Å². The minimum Gasteiger partial charge on any atom is -0.383 e. The first-order valence-corrected chi connectivity index (χ1v) is 11.8. The van der Waals surface area contributed by atoms with Crippen molar-refractivity contribution in [1.82, 2.24) is 19.7 Å². The van der Waals surface area contributed by atoms with Crippen LogP contribution in [-0.2, 0) is 16.1 Å². The molecule has 0 aliphatic heterocycles. The SMILES string of the molecule is Cc1ccccc1-c1cc2cc(NC(=O)[C@@H]3C[C@H]3c3cnn(CCOCCN)c3)ncc2c(N)n1. The zero-order chi connectivity index (χ0) is 24.4. The number of rotatable bonds is 9. The molecular weight excluding hydrogens is 442 g/mol. The van der Waals surface area contributed by atoms with Gasteiger partial charge in [0.1, 0.15) is 11.6 Å². The summed E-state index contributed by atoms with van der Waals surface area (Å²) in [6, 6.07) is 11.9. The summed E-state index contributed by atoms with van der Waals surface area (Å²) in [6.07, 6.45) is 6.28. The molecule has 4 aromatic rings. The minimum absolute atomic E-state index is 0.0398. The van der Waals surface area contributed by atoms with E-state index in [1.165, 1.54) is 0 Å². The van der Waals surface area contributed by atoms with Crippen LogP contribution in [0.5, 0.6) is 0 Å². The summed E-state index contributed by atoms with van der Waals surface area (Å²) in [4.78, 5) is 21.9. The topological polar surface area (TPSA) is 134 Å². The summed E-state index contributed by atoms with van der Waals surface area (Å²) in [6.45, 7) is 4.31. The number of nitrogen functional groups attached to an aromatic ring is 1. The molecular formula is C26H29N7O2. The molecule has 35 heavy (non-hydrogen) atoms. The highest BCUT2D eigenvalue weighted by molar-refractivity contribution is 5.98. The average molecular weight is 472 g/mol. The summed E-state index contributed by atoms with van der Waals surface area (Å²) < 4.78 is 7.25. The third-order valence-electron chi connectivity index (χ3n) is 6.35. The number of benzene rings is 1. The van der Waals surface area contributed by atoms with E-state index >= 15 is 0 Å². The van der Waals surface area contributed by atoms with Gasteiger partial charge in [0.15, 0.2) is 0 Å². The third kappa shape index (κ3) is 5.01. The van der Waals surface area contributed by atoms with Crippen LogP contribution in [-0.4, -0.2) is 45.4 Å². The first-order valence-electron chi connectivity index (χ1n) is 11.8. The van der Waals surface area contributed by atoms with E-state index in [9.17, 15) is 4.79 Å². The van der Waals surface area contributed by atoms with Gasteiger partial charge in [-0.15, -0.1) is 0 Å². The molecule has 5 N–H and O–H groups in total. The number of hydrogen-bond acceptors (Lipinski definition) is 7. The molecule has 1 aliphatic carbocycles. The lowest BCUT2D eigenvalue weighted by atomic mass is 10.0. The predicted molar refractivity (Wildman–Crippen MR) is 136 cm³/mol. The van der Waals surface area contributed by atoms with Gasteiger partial charge in [0.05, 0.1) is 31.6 Å².